The first-order chi connectivity index (χ1) is 29.0. The number of hydrogen-bond acceptors (Lipinski definition) is 5. The minimum Gasteiger partial charge on any atom is -0.394 e. The van der Waals surface area contributed by atoms with Crippen molar-refractivity contribution in [1.29, 1.82) is 0 Å². The highest BCUT2D eigenvalue weighted by atomic mass is 16.3. The number of carbonyl (C=O) groups excluding carboxylic acids is 1. The van der Waals surface area contributed by atoms with E-state index in [1.54, 1.807) is 0 Å². The predicted octanol–water partition coefficient (Wildman–Crippen LogP) is 14.2. The Kier molecular flexibility index (Phi) is 45.9. The van der Waals surface area contributed by atoms with Gasteiger partial charge in [-0.1, -0.05) is 210 Å². The first-order valence-electron chi connectivity index (χ1n) is 25.5. The van der Waals surface area contributed by atoms with Crippen molar-refractivity contribution in [2.24, 2.45) is 0 Å². The van der Waals surface area contributed by atoms with Gasteiger partial charge in [0.2, 0.25) is 5.91 Å². The van der Waals surface area contributed by atoms with Gasteiger partial charge >= 0.3 is 0 Å². The summed E-state index contributed by atoms with van der Waals surface area (Å²) < 4.78 is 0. The molecule has 1 amide bonds. The van der Waals surface area contributed by atoms with Gasteiger partial charge in [0.15, 0.2) is 0 Å². The van der Waals surface area contributed by atoms with Gasteiger partial charge in [-0.25, -0.2) is 0 Å². The van der Waals surface area contributed by atoms with Crippen LogP contribution in [0.1, 0.15) is 251 Å². The standard InChI is InChI=1S/C53H99NO5/c1-3-5-7-9-11-13-15-17-19-21-23-24-25-26-27-28-29-31-32-34-36-38-40-42-44-46-50(56)52(58)49(48-55)54-53(59)51(57)47-45-43-41-39-37-35-33-30-22-20-18-16-14-12-10-8-6-4-2/h22,26-27,30-32,38,40,49-52,55-58H,3-21,23-25,28-29,33-37,39,41-48H2,1-2H3,(H,54,59)/b27-26+,30-22-,32-31+,40-38+. The van der Waals surface area contributed by atoms with Gasteiger partial charge in [0.25, 0.3) is 0 Å². The molecule has 0 rings (SSSR count). The third-order valence-electron chi connectivity index (χ3n) is 11.7. The van der Waals surface area contributed by atoms with E-state index >= 15 is 0 Å². The molecule has 0 radical (unpaired) electrons. The monoisotopic (exact) mass is 830 g/mol. The third-order valence-corrected chi connectivity index (χ3v) is 11.7. The highest BCUT2D eigenvalue weighted by Gasteiger charge is 2.28. The van der Waals surface area contributed by atoms with Crippen LogP contribution >= 0.6 is 0 Å². The summed E-state index contributed by atoms with van der Waals surface area (Å²) in [6, 6.07) is -1.02. The van der Waals surface area contributed by atoms with Crippen LogP contribution in [-0.2, 0) is 4.79 Å². The van der Waals surface area contributed by atoms with Crippen LogP contribution in [0.25, 0.3) is 0 Å². The van der Waals surface area contributed by atoms with E-state index in [1.807, 2.05) is 0 Å². The quantitative estimate of drug-likeness (QED) is 0.0310. The summed E-state index contributed by atoms with van der Waals surface area (Å²) in [6.07, 6.45) is 58.7. The zero-order valence-corrected chi connectivity index (χ0v) is 39.0. The van der Waals surface area contributed by atoms with Crippen LogP contribution in [0.3, 0.4) is 0 Å². The molecule has 6 nitrogen and oxygen atoms in total. The van der Waals surface area contributed by atoms with Crippen molar-refractivity contribution in [1.82, 2.24) is 5.32 Å². The number of amides is 1. The molecular formula is C53H99NO5. The van der Waals surface area contributed by atoms with Crippen molar-refractivity contribution in [2.45, 2.75) is 276 Å². The fourth-order valence-corrected chi connectivity index (χ4v) is 7.67. The number of allylic oxidation sites excluding steroid dienone is 8. The topological polar surface area (TPSA) is 110 Å². The van der Waals surface area contributed by atoms with Crippen LogP contribution in [0.5, 0.6) is 0 Å². The van der Waals surface area contributed by atoms with Crippen LogP contribution in [0.15, 0.2) is 48.6 Å². The van der Waals surface area contributed by atoms with Gasteiger partial charge in [-0.15, -0.1) is 0 Å². The molecule has 0 aliphatic carbocycles. The SMILES string of the molecule is CCCCCCCCCC/C=C\CCCCCCCCC(O)C(=O)NC(CO)C(O)C(O)CCC/C=C/CC/C=C/CC/C=C/CCCCCCCCCCCCCC. The fourth-order valence-electron chi connectivity index (χ4n) is 7.67. The van der Waals surface area contributed by atoms with Gasteiger partial charge < -0.3 is 25.7 Å². The van der Waals surface area contributed by atoms with Crippen molar-refractivity contribution in [2.75, 3.05) is 6.61 Å². The molecule has 0 fully saturated rings. The van der Waals surface area contributed by atoms with Gasteiger partial charge in [0, 0.05) is 0 Å². The van der Waals surface area contributed by atoms with Crippen molar-refractivity contribution in [3.05, 3.63) is 48.6 Å². The van der Waals surface area contributed by atoms with Crippen LogP contribution in [0.2, 0.25) is 0 Å². The lowest BCUT2D eigenvalue weighted by Crippen LogP contribution is -2.53. The van der Waals surface area contributed by atoms with Gasteiger partial charge in [-0.3, -0.25) is 4.79 Å². The summed E-state index contributed by atoms with van der Waals surface area (Å²) in [5.41, 5.74) is 0. The Hall–Kier alpha value is -1.73. The van der Waals surface area contributed by atoms with Crippen molar-refractivity contribution < 1.29 is 25.2 Å². The first-order valence-corrected chi connectivity index (χ1v) is 25.5. The molecule has 0 saturated carbocycles. The summed E-state index contributed by atoms with van der Waals surface area (Å²) >= 11 is 0. The highest BCUT2D eigenvalue weighted by molar-refractivity contribution is 5.80. The van der Waals surface area contributed by atoms with E-state index in [2.05, 4.69) is 67.8 Å². The molecule has 0 spiro atoms. The molecule has 0 heterocycles. The van der Waals surface area contributed by atoms with Crippen LogP contribution in [0, 0.1) is 0 Å². The fraction of sp³-hybridized carbons (Fsp3) is 0.830. The Bertz CT molecular complexity index is 977. The molecular weight excluding hydrogens is 731 g/mol. The van der Waals surface area contributed by atoms with Gasteiger partial charge in [0.05, 0.1) is 18.8 Å². The molecule has 5 N–H and O–H groups in total. The maximum atomic E-state index is 12.5. The van der Waals surface area contributed by atoms with Crippen LogP contribution in [0.4, 0.5) is 0 Å². The highest BCUT2D eigenvalue weighted by Crippen LogP contribution is 2.15. The molecule has 0 bridgehead atoms. The number of aliphatic hydroxyl groups is 4. The minimum atomic E-state index is -1.30. The van der Waals surface area contributed by atoms with E-state index in [1.165, 1.54) is 154 Å². The average Bonchev–Trinajstić information content (AvgIpc) is 3.24. The average molecular weight is 830 g/mol. The molecule has 59 heavy (non-hydrogen) atoms. The first kappa shape index (κ1) is 57.3. The number of carbonyl (C=O) groups is 1. The summed E-state index contributed by atoms with van der Waals surface area (Å²) in [6.45, 7) is 4.04. The minimum absolute atomic E-state index is 0.350. The van der Waals surface area contributed by atoms with Crippen molar-refractivity contribution >= 4 is 5.91 Å². The lowest BCUT2D eigenvalue weighted by Gasteiger charge is -2.27. The molecule has 346 valence electrons. The zero-order valence-electron chi connectivity index (χ0n) is 39.0. The van der Waals surface area contributed by atoms with E-state index < -0.39 is 36.9 Å². The van der Waals surface area contributed by atoms with Crippen LogP contribution < -0.4 is 5.32 Å². The molecule has 4 unspecified atom stereocenters. The second kappa shape index (κ2) is 47.3. The molecule has 0 aliphatic heterocycles. The van der Waals surface area contributed by atoms with E-state index in [4.69, 9.17) is 0 Å². The van der Waals surface area contributed by atoms with E-state index in [0.717, 1.165) is 64.2 Å². The Morgan fingerprint density at radius 2 is 0.712 bits per heavy atom. The lowest BCUT2D eigenvalue weighted by molar-refractivity contribution is -0.132. The normalized spacial score (nSPS) is 14.3. The molecule has 0 aromatic heterocycles. The molecule has 4 atom stereocenters. The Labute approximate surface area is 366 Å². The molecule has 6 heteroatoms. The van der Waals surface area contributed by atoms with E-state index in [-0.39, 0.29) is 0 Å². The number of unbranched alkanes of at least 4 members (excludes halogenated alkanes) is 29. The van der Waals surface area contributed by atoms with Crippen LogP contribution in [-0.4, -0.2) is 57.3 Å². The van der Waals surface area contributed by atoms with E-state index in [0.29, 0.717) is 19.3 Å². The second-order valence-corrected chi connectivity index (χ2v) is 17.5. The Morgan fingerprint density at radius 1 is 0.407 bits per heavy atom. The van der Waals surface area contributed by atoms with Crippen molar-refractivity contribution in [3.8, 4) is 0 Å². The second-order valence-electron chi connectivity index (χ2n) is 17.5. The predicted molar refractivity (Wildman–Crippen MR) is 256 cm³/mol. The van der Waals surface area contributed by atoms with Gasteiger partial charge in [-0.05, 0) is 89.9 Å². The summed E-state index contributed by atoms with van der Waals surface area (Å²) in [5.74, 6) is -0.604. The number of nitrogens with one attached hydrogen (secondary N) is 1. The number of aliphatic hydroxyl groups excluding tert-OH is 4. The summed E-state index contributed by atoms with van der Waals surface area (Å²) in [7, 11) is 0. The largest absolute Gasteiger partial charge is 0.394 e. The summed E-state index contributed by atoms with van der Waals surface area (Å²) in [4.78, 5) is 12.5. The maximum Gasteiger partial charge on any atom is 0.249 e. The molecule has 0 aromatic rings. The van der Waals surface area contributed by atoms with E-state index in [9.17, 15) is 25.2 Å². The molecule has 0 saturated heterocycles. The van der Waals surface area contributed by atoms with Gasteiger partial charge in [-0.2, -0.15) is 0 Å². The third kappa shape index (κ3) is 41.4. The maximum absolute atomic E-state index is 12.5. The molecule has 0 aliphatic rings. The smallest absolute Gasteiger partial charge is 0.249 e. The zero-order chi connectivity index (χ0) is 43.1. The number of rotatable bonds is 46. The number of hydrogen-bond donors (Lipinski definition) is 5. The Balaban J connectivity index is 3.78. The Morgan fingerprint density at radius 3 is 1.07 bits per heavy atom. The van der Waals surface area contributed by atoms with Gasteiger partial charge in [0.1, 0.15) is 12.2 Å². The molecule has 0 aromatic carbocycles. The summed E-state index contributed by atoms with van der Waals surface area (Å²) in [5, 5.41) is 43.8. The van der Waals surface area contributed by atoms with Crippen molar-refractivity contribution in [3.63, 3.8) is 0 Å². The lowest BCUT2D eigenvalue weighted by atomic mass is 10.00.